The normalized spacial score (nSPS) is 13.0. The molecule has 9 heteroatoms. The fraction of sp³-hybridized carbons (Fsp3) is 0.316. The zero-order chi connectivity index (χ0) is 21.1. The molecule has 0 aliphatic rings. The highest BCUT2D eigenvalue weighted by atomic mass is 32.2. The van der Waals surface area contributed by atoms with Gasteiger partial charge in [-0.05, 0) is 49.2 Å². The van der Waals surface area contributed by atoms with Crippen molar-refractivity contribution in [2.75, 3.05) is 23.4 Å². The van der Waals surface area contributed by atoms with Gasteiger partial charge in [-0.15, -0.1) is 0 Å². The van der Waals surface area contributed by atoms with Crippen LogP contribution in [0.2, 0.25) is 0 Å². The summed E-state index contributed by atoms with van der Waals surface area (Å²) in [6.07, 6.45) is 2.17. The number of nitrogens with zero attached hydrogens (tertiary/aromatic N) is 1. The molecule has 0 heterocycles. The summed E-state index contributed by atoms with van der Waals surface area (Å²) in [4.78, 5) is 12.6. The SMILES string of the molecule is Cc1cccc(N(CC(=O)N[C@@H](C)c2ccc(S(C)(=O)=O)cc2)S(C)(=O)=O)c1. The molecule has 1 atom stereocenters. The van der Waals surface area contributed by atoms with E-state index in [1.807, 2.05) is 13.0 Å². The van der Waals surface area contributed by atoms with Crippen LogP contribution in [0, 0.1) is 6.92 Å². The lowest BCUT2D eigenvalue weighted by molar-refractivity contribution is -0.120. The van der Waals surface area contributed by atoms with E-state index in [1.165, 1.54) is 12.1 Å². The number of rotatable bonds is 7. The van der Waals surface area contributed by atoms with Gasteiger partial charge < -0.3 is 5.32 Å². The molecule has 0 spiro atoms. The zero-order valence-electron chi connectivity index (χ0n) is 16.2. The highest BCUT2D eigenvalue weighted by molar-refractivity contribution is 7.92. The van der Waals surface area contributed by atoms with E-state index in [0.29, 0.717) is 11.3 Å². The van der Waals surface area contributed by atoms with Crippen LogP contribution in [0.3, 0.4) is 0 Å². The number of sulfone groups is 1. The Morgan fingerprint density at radius 3 is 2.14 bits per heavy atom. The lowest BCUT2D eigenvalue weighted by Crippen LogP contribution is -2.41. The first-order valence-electron chi connectivity index (χ1n) is 8.51. The van der Waals surface area contributed by atoms with Crippen molar-refractivity contribution in [2.24, 2.45) is 0 Å². The number of carbonyl (C=O) groups excluding carboxylic acids is 1. The Morgan fingerprint density at radius 2 is 1.64 bits per heavy atom. The first kappa shape index (κ1) is 21.9. The van der Waals surface area contributed by atoms with Gasteiger partial charge in [0.1, 0.15) is 6.54 Å². The van der Waals surface area contributed by atoms with E-state index in [-0.39, 0.29) is 11.4 Å². The topological polar surface area (TPSA) is 101 Å². The molecule has 0 radical (unpaired) electrons. The number of sulfonamides is 1. The Kier molecular flexibility index (Phi) is 6.51. The molecule has 0 bridgehead atoms. The van der Waals surface area contributed by atoms with Crippen LogP contribution >= 0.6 is 0 Å². The van der Waals surface area contributed by atoms with Gasteiger partial charge >= 0.3 is 0 Å². The fourth-order valence-corrected chi connectivity index (χ4v) is 4.17. The van der Waals surface area contributed by atoms with Gasteiger partial charge in [0.25, 0.3) is 0 Å². The average molecular weight is 425 g/mol. The number of amides is 1. The molecule has 0 aliphatic carbocycles. The van der Waals surface area contributed by atoms with Crippen LogP contribution in [0.5, 0.6) is 0 Å². The van der Waals surface area contributed by atoms with E-state index in [4.69, 9.17) is 0 Å². The third kappa shape index (κ3) is 5.80. The van der Waals surface area contributed by atoms with Crippen LogP contribution in [0.15, 0.2) is 53.4 Å². The maximum atomic E-state index is 12.5. The minimum atomic E-state index is -3.65. The van der Waals surface area contributed by atoms with Crippen molar-refractivity contribution in [2.45, 2.75) is 24.8 Å². The highest BCUT2D eigenvalue weighted by Crippen LogP contribution is 2.20. The third-order valence-electron chi connectivity index (χ3n) is 4.16. The highest BCUT2D eigenvalue weighted by Gasteiger charge is 2.22. The van der Waals surface area contributed by atoms with Crippen LogP contribution in [-0.2, 0) is 24.7 Å². The number of hydrogen-bond acceptors (Lipinski definition) is 5. The summed E-state index contributed by atoms with van der Waals surface area (Å²) in [6.45, 7) is 3.23. The Labute approximate surface area is 166 Å². The monoisotopic (exact) mass is 424 g/mol. The minimum Gasteiger partial charge on any atom is -0.348 e. The second-order valence-corrected chi connectivity index (χ2v) is 10.7. The van der Waals surface area contributed by atoms with Crippen molar-refractivity contribution in [1.29, 1.82) is 0 Å². The van der Waals surface area contributed by atoms with Crippen molar-refractivity contribution in [3.8, 4) is 0 Å². The summed E-state index contributed by atoms with van der Waals surface area (Å²) in [5.41, 5.74) is 2.01. The smallest absolute Gasteiger partial charge is 0.241 e. The van der Waals surface area contributed by atoms with E-state index in [1.54, 1.807) is 37.3 Å². The standard InChI is InChI=1S/C19H24N2O5S2/c1-14-6-5-7-17(12-14)21(28(4,25)26)13-19(22)20-15(2)16-8-10-18(11-9-16)27(3,23)24/h5-12,15H,13H2,1-4H3,(H,20,22)/t15-/m0/s1. The van der Waals surface area contributed by atoms with E-state index in [9.17, 15) is 21.6 Å². The van der Waals surface area contributed by atoms with Gasteiger partial charge in [0.15, 0.2) is 9.84 Å². The zero-order valence-corrected chi connectivity index (χ0v) is 17.8. The molecule has 152 valence electrons. The molecule has 0 aliphatic heterocycles. The van der Waals surface area contributed by atoms with Crippen LogP contribution in [0.4, 0.5) is 5.69 Å². The van der Waals surface area contributed by atoms with E-state index >= 15 is 0 Å². The molecular formula is C19H24N2O5S2. The van der Waals surface area contributed by atoms with Crippen molar-refractivity contribution in [3.05, 3.63) is 59.7 Å². The number of carbonyl (C=O) groups is 1. The Bertz CT molecular complexity index is 1060. The van der Waals surface area contributed by atoms with Crippen LogP contribution in [0.1, 0.15) is 24.1 Å². The van der Waals surface area contributed by atoms with Gasteiger partial charge in [-0.1, -0.05) is 24.3 Å². The second-order valence-electron chi connectivity index (χ2n) is 6.74. The molecule has 2 aromatic carbocycles. The molecule has 0 saturated carbocycles. The van der Waals surface area contributed by atoms with Gasteiger partial charge in [-0.2, -0.15) is 0 Å². The van der Waals surface area contributed by atoms with Gasteiger partial charge in [0.2, 0.25) is 15.9 Å². The summed E-state index contributed by atoms with van der Waals surface area (Å²) in [7, 11) is -6.94. The maximum absolute atomic E-state index is 12.5. The summed E-state index contributed by atoms with van der Waals surface area (Å²) in [6, 6.07) is 12.7. The maximum Gasteiger partial charge on any atom is 0.241 e. The van der Waals surface area contributed by atoms with Crippen molar-refractivity contribution in [1.82, 2.24) is 5.32 Å². The largest absolute Gasteiger partial charge is 0.348 e. The van der Waals surface area contributed by atoms with Crippen LogP contribution in [0.25, 0.3) is 0 Å². The molecule has 0 aromatic heterocycles. The number of anilines is 1. The molecule has 7 nitrogen and oxygen atoms in total. The molecule has 0 fully saturated rings. The Morgan fingerprint density at radius 1 is 1.04 bits per heavy atom. The fourth-order valence-electron chi connectivity index (χ4n) is 2.69. The van der Waals surface area contributed by atoms with E-state index < -0.39 is 31.8 Å². The molecule has 0 saturated heterocycles. The van der Waals surface area contributed by atoms with Gasteiger partial charge in [0.05, 0.1) is 22.9 Å². The lowest BCUT2D eigenvalue weighted by atomic mass is 10.1. The molecule has 2 rings (SSSR count). The molecular weight excluding hydrogens is 400 g/mol. The van der Waals surface area contributed by atoms with E-state index in [2.05, 4.69) is 5.32 Å². The molecule has 28 heavy (non-hydrogen) atoms. The van der Waals surface area contributed by atoms with Crippen LogP contribution < -0.4 is 9.62 Å². The van der Waals surface area contributed by atoms with Gasteiger partial charge in [-0.3, -0.25) is 9.10 Å². The quantitative estimate of drug-likeness (QED) is 0.733. The lowest BCUT2D eigenvalue weighted by Gasteiger charge is -2.23. The Balaban J connectivity index is 2.14. The van der Waals surface area contributed by atoms with Crippen molar-refractivity contribution >= 4 is 31.5 Å². The molecule has 1 N–H and O–H groups in total. The molecule has 2 aromatic rings. The van der Waals surface area contributed by atoms with Crippen molar-refractivity contribution < 1.29 is 21.6 Å². The summed E-state index contributed by atoms with van der Waals surface area (Å²) in [5, 5.41) is 2.75. The average Bonchev–Trinajstić information content (AvgIpc) is 2.58. The Hall–Kier alpha value is -2.39. The number of benzene rings is 2. The summed E-state index contributed by atoms with van der Waals surface area (Å²) in [5.74, 6) is -0.466. The van der Waals surface area contributed by atoms with Crippen LogP contribution in [-0.4, -0.2) is 41.8 Å². The summed E-state index contributed by atoms with van der Waals surface area (Å²) >= 11 is 0. The summed E-state index contributed by atoms with van der Waals surface area (Å²) < 4.78 is 48.4. The van der Waals surface area contributed by atoms with Gasteiger partial charge in [-0.25, -0.2) is 16.8 Å². The third-order valence-corrected chi connectivity index (χ3v) is 6.43. The first-order valence-corrected chi connectivity index (χ1v) is 12.3. The number of nitrogens with one attached hydrogen (secondary N) is 1. The first-order chi connectivity index (χ1) is 12.9. The van der Waals surface area contributed by atoms with Gasteiger partial charge in [0, 0.05) is 6.26 Å². The van der Waals surface area contributed by atoms with Crippen molar-refractivity contribution in [3.63, 3.8) is 0 Å². The van der Waals surface area contributed by atoms with E-state index in [0.717, 1.165) is 22.4 Å². The molecule has 1 amide bonds. The molecule has 0 unspecified atom stereocenters. The number of hydrogen-bond donors (Lipinski definition) is 1. The predicted molar refractivity (Wildman–Crippen MR) is 109 cm³/mol. The minimum absolute atomic E-state index is 0.192. The second kappa shape index (κ2) is 8.32. The number of aryl methyl sites for hydroxylation is 1. The predicted octanol–water partition coefficient (Wildman–Crippen LogP) is 2.04.